The highest BCUT2D eigenvalue weighted by molar-refractivity contribution is 5.74. The second-order valence-corrected chi connectivity index (χ2v) is 3.63. The number of amides is 2. The van der Waals surface area contributed by atoms with E-state index in [1.807, 2.05) is 32.0 Å². The van der Waals surface area contributed by atoms with Gasteiger partial charge in [0.25, 0.3) is 0 Å². The third kappa shape index (κ3) is 5.00. The van der Waals surface area contributed by atoms with Crippen molar-refractivity contribution in [3.8, 4) is 0 Å². The van der Waals surface area contributed by atoms with E-state index in [9.17, 15) is 4.79 Å². The van der Waals surface area contributed by atoms with Crippen LogP contribution in [0, 0.1) is 0 Å². The molecule has 0 spiro atoms. The second-order valence-electron chi connectivity index (χ2n) is 3.63. The van der Waals surface area contributed by atoms with Gasteiger partial charge in [-0.15, -0.1) is 0 Å². The molecule has 1 aromatic rings. The first kappa shape index (κ1) is 11.5. The number of carbonyl (C=O) groups is 1. The van der Waals surface area contributed by atoms with Gasteiger partial charge >= 0.3 is 6.03 Å². The lowest BCUT2D eigenvalue weighted by Crippen LogP contribution is -2.40. The summed E-state index contributed by atoms with van der Waals surface area (Å²) in [4.78, 5) is 15.4. The number of rotatable bonds is 4. The lowest BCUT2D eigenvalue weighted by molar-refractivity contribution is 0.238. The fourth-order valence-electron chi connectivity index (χ4n) is 1.16. The Morgan fingerprint density at radius 1 is 1.47 bits per heavy atom. The topological polar surface area (TPSA) is 54.0 Å². The number of nitrogens with one attached hydrogen (secondary N) is 2. The molecule has 15 heavy (non-hydrogen) atoms. The summed E-state index contributed by atoms with van der Waals surface area (Å²) in [6.07, 6.45) is 2.51. The zero-order chi connectivity index (χ0) is 11.1. The average Bonchev–Trinajstić information content (AvgIpc) is 2.18. The molecule has 0 bridgehead atoms. The fourth-order valence-corrected chi connectivity index (χ4v) is 1.16. The van der Waals surface area contributed by atoms with E-state index in [2.05, 4.69) is 15.6 Å². The predicted molar refractivity (Wildman–Crippen MR) is 59.6 cm³/mol. The van der Waals surface area contributed by atoms with Gasteiger partial charge in [0.2, 0.25) is 0 Å². The van der Waals surface area contributed by atoms with Gasteiger partial charge in [-0.3, -0.25) is 4.98 Å². The van der Waals surface area contributed by atoms with Crippen LogP contribution in [-0.2, 0) is 6.42 Å². The molecule has 0 aliphatic rings. The number of hydrogen-bond acceptors (Lipinski definition) is 2. The lowest BCUT2D eigenvalue weighted by atomic mass is 10.3. The summed E-state index contributed by atoms with van der Waals surface area (Å²) in [6, 6.07) is 5.81. The monoisotopic (exact) mass is 207 g/mol. The molecule has 4 nitrogen and oxygen atoms in total. The molecule has 0 fully saturated rings. The lowest BCUT2D eigenvalue weighted by Gasteiger charge is -2.09. The summed E-state index contributed by atoms with van der Waals surface area (Å²) < 4.78 is 0. The number of hydrogen-bond donors (Lipinski definition) is 2. The number of nitrogens with zero attached hydrogens (tertiary/aromatic N) is 1. The standard InChI is InChI=1S/C11H17N3O/c1-9(2)14-11(15)13-8-6-10-5-3-4-7-12-10/h3-5,7,9H,6,8H2,1-2H3,(H2,13,14,15). The van der Waals surface area contributed by atoms with Crippen molar-refractivity contribution >= 4 is 6.03 Å². The van der Waals surface area contributed by atoms with E-state index >= 15 is 0 Å². The first-order chi connectivity index (χ1) is 7.18. The quantitative estimate of drug-likeness (QED) is 0.782. The maximum Gasteiger partial charge on any atom is 0.314 e. The van der Waals surface area contributed by atoms with Gasteiger partial charge in [0, 0.05) is 30.9 Å². The zero-order valence-electron chi connectivity index (χ0n) is 9.16. The molecule has 0 saturated carbocycles. The molecule has 0 atom stereocenters. The van der Waals surface area contributed by atoms with E-state index in [-0.39, 0.29) is 12.1 Å². The van der Waals surface area contributed by atoms with E-state index in [1.54, 1.807) is 6.20 Å². The van der Waals surface area contributed by atoms with Gasteiger partial charge in [0.1, 0.15) is 0 Å². The summed E-state index contributed by atoms with van der Waals surface area (Å²) in [6.45, 7) is 4.46. The van der Waals surface area contributed by atoms with E-state index in [1.165, 1.54) is 0 Å². The van der Waals surface area contributed by atoms with Gasteiger partial charge < -0.3 is 10.6 Å². The van der Waals surface area contributed by atoms with Crippen LogP contribution >= 0.6 is 0 Å². The van der Waals surface area contributed by atoms with Crippen molar-refractivity contribution in [3.05, 3.63) is 30.1 Å². The van der Waals surface area contributed by atoms with Crippen molar-refractivity contribution < 1.29 is 4.79 Å². The van der Waals surface area contributed by atoms with Crippen LogP contribution in [0.15, 0.2) is 24.4 Å². The van der Waals surface area contributed by atoms with Crippen LogP contribution in [0.2, 0.25) is 0 Å². The SMILES string of the molecule is CC(C)NC(=O)NCCc1ccccn1. The zero-order valence-corrected chi connectivity index (χ0v) is 9.16. The van der Waals surface area contributed by atoms with Crippen molar-refractivity contribution in [2.45, 2.75) is 26.3 Å². The number of pyridine rings is 1. The molecule has 2 N–H and O–H groups in total. The second kappa shape index (κ2) is 6.01. The Hall–Kier alpha value is -1.58. The van der Waals surface area contributed by atoms with Crippen molar-refractivity contribution in [2.75, 3.05) is 6.54 Å². The first-order valence-electron chi connectivity index (χ1n) is 5.13. The third-order valence-corrected chi connectivity index (χ3v) is 1.81. The van der Waals surface area contributed by atoms with Crippen LogP contribution in [-0.4, -0.2) is 23.6 Å². The molecule has 0 aliphatic carbocycles. The Bertz CT molecular complexity index is 298. The van der Waals surface area contributed by atoms with Gasteiger partial charge in [0.15, 0.2) is 0 Å². The van der Waals surface area contributed by atoms with Gasteiger partial charge in [0.05, 0.1) is 0 Å². The fraction of sp³-hybridized carbons (Fsp3) is 0.455. The molecule has 82 valence electrons. The van der Waals surface area contributed by atoms with Crippen molar-refractivity contribution in [2.24, 2.45) is 0 Å². The number of urea groups is 1. The molecule has 0 saturated heterocycles. The van der Waals surface area contributed by atoms with E-state index in [0.29, 0.717) is 6.54 Å². The molecule has 1 aromatic heterocycles. The van der Waals surface area contributed by atoms with Gasteiger partial charge in [-0.2, -0.15) is 0 Å². The molecule has 0 aliphatic heterocycles. The highest BCUT2D eigenvalue weighted by Gasteiger charge is 2.01. The molecule has 0 radical (unpaired) electrons. The van der Waals surface area contributed by atoms with Crippen LogP contribution in [0.5, 0.6) is 0 Å². The van der Waals surface area contributed by atoms with Gasteiger partial charge in [-0.05, 0) is 26.0 Å². The number of carbonyl (C=O) groups excluding carboxylic acids is 1. The smallest absolute Gasteiger partial charge is 0.314 e. The Labute approximate surface area is 90.1 Å². The summed E-state index contributed by atoms with van der Waals surface area (Å²) in [7, 11) is 0. The van der Waals surface area contributed by atoms with Crippen molar-refractivity contribution in [1.29, 1.82) is 0 Å². The number of aromatic nitrogens is 1. The molecular formula is C11H17N3O. The molecular weight excluding hydrogens is 190 g/mol. The Kier molecular flexibility index (Phi) is 4.60. The van der Waals surface area contributed by atoms with Gasteiger partial charge in [-0.25, -0.2) is 4.79 Å². The highest BCUT2D eigenvalue weighted by atomic mass is 16.2. The molecule has 1 rings (SSSR count). The normalized spacial score (nSPS) is 10.1. The maximum absolute atomic E-state index is 11.2. The Morgan fingerprint density at radius 2 is 2.27 bits per heavy atom. The summed E-state index contributed by atoms with van der Waals surface area (Å²) in [5, 5.41) is 5.53. The van der Waals surface area contributed by atoms with Crippen LogP contribution in [0.25, 0.3) is 0 Å². The van der Waals surface area contributed by atoms with E-state index in [4.69, 9.17) is 0 Å². The van der Waals surface area contributed by atoms with Crippen LogP contribution in [0.4, 0.5) is 4.79 Å². The van der Waals surface area contributed by atoms with Gasteiger partial charge in [-0.1, -0.05) is 6.07 Å². The molecule has 2 amide bonds. The molecule has 4 heteroatoms. The summed E-state index contributed by atoms with van der Waals surface area (Å²) >= 11 is 0. The van der Waals surface area contributed by atoms with Crippen molar-refractivity contribution in [3.63, 3.8) is 0 Å². The minimum atomic E-state index is -0.124. The average molecular weight is 207 g/mol. The molecule has 1 heterocycles. The Balaban J connectivity index is 2.19. The van der Waals surface area contributed by atoms with Crippen LogP contribution in [0.3, 0.4) is 0 Å². The highest BCUT2D eigenvalue weighted by Crippen LogP contribution is 1.92. The maximum atomic E-state index is 11.2. The minimum Gasteiger partial charge on any atom is -0.338 e. The van der Waals surface area contributed by atoms with Crippen molar-refractivity contribution in [1.82, 2.24) is 15.6 Å². The first-order valence-corrected chi connectivity index (χ1v) is 5.13. The minimum absolute atomic E-state index is 0.124. The largest absolute Gasteiger partial charge is 0.338 e. The third-order valence-electron chi connectivity index (χ3n) is 1.81. The van der Waals surface area contributed by atoms with E-state index < -0.39 is 0 Å². The van der Waals surface area contributed by atoms with Crippen LogP contribution < -0.4 is 10.6 Å². The predicted octanol–water partition coefficient (Wildman–Crippen LogP) is 1.33. The summed E-state index contributed by atoms with van der Waals surface area (Å²) in [5.41, 5.74) is 0.988. The Morgan fingerprint density at radius 3 is 2.87 bits per heavy atom. The summed E-state index contributed by atoms with van der Waals surface area (Å²) in [5.74, 6) is 0. The molecule has 0 unspecified atom stereocenters. The molecule has 0 aromatic carbocycles. The van der Waals surface area contributed by atoms with Crippen LogP contribution in [0.1, 0.15) is 19.5 Å². The van der Waals surface area contributed by atoms with E-state index in [0.717, 1.165) is 12.1 Å².